The van der Waals surface area contributed by atoms with Gasteiger partial charge in [-0.1, -0.05) is 0 Å². The minimum absolute atomic E-state index is 0.0447. The highest BCUT2D eigenvalue weighted by atomic mass is 19.1. The zero-order valence-electron chi connectivity index (χ0n) is 14.4. The van der Waals surface area contributed by atoms with Gasteiger partial charge in [0.15, 0.2) is 0 Å². The van der Waals surface area contributed by atoms with Crippen LogP contribution in [0.2, 0.25) is 0 Å². The van der Waals surface area contributed by atoms with Gasteiger partial charge in [0, 0.05) is 32.1 Å². The van der Waals surface area contributed by atoms with Crippen molar-refractivity contribution in [1.29, 1.82) is 0 Å². The predicted molar refractivity (Wildman–Crippen MR) is 89.7 cm³/mol. The number of aliphatic hydroxyl groups excluding tert-OH is 1. The highest BCUT2D eigenvalue weighted by Gasteiger charge is 2.39. The van der Waals surface area contributed by atoms with E-state index in [1.54, 1.807) is 16.8 Å². The molecule has 1 unspecified atom stereocenters. The molecule has 138 valence electrons. The molecule has 2 fully saturated rings. The second kappa shape index (κ2) is 6.31. The van der Waals surface area contributed by atoms with Crippen LogP contribution in [-0.2, 0) is 4.79 Å². The van der Waals surface area contributed by atoms with E-state index in [0.717, 1.165) is 6.07 Å². The van der Waals surface area contributed by atoms with Crippen LogP contribution in [-0.4, -0.2) is 74.4 Å². The molecule has 8 nitrogen and oxygen atoms in total. The normalized spacial score (nSPS) is 25.3. The summed E-state index contributed by atoms with van der Waals surface area (Å²) in [4.78, 5) is 28.6. The monoisotopic (exact) mass is 361 g/mol. The Kier molecular flexibility index (Phi) is 4.10. The second-order valence-corrected chi connectivity index (χ2v) is 7.11. The van der Waals surface area contributed by atoms with E-state index in [2.05, 4.69) is 15.4 Å². The highest BCUT2D eigenvalue weighted by molar-refractivity contribution is 6.04. The molecule has 1 aromatic heterocycles. The molecule has 2 heterocycles. The third-order valence-corrected chi connectivity index (χ3v) is 5.42. The number of amides is 2. The standard InChI is InChI=1S/C17H20FN5O3/c1-22(11-2-3-23(8-11)16(25)9-4-12(24)5-9)17(26)13-6-10(18)7-14-15(13)20-21-19-14/h6-7,9,11-12,24H,2-5,8H2,1H3,(H,19,20,21). The number of likely N-dealkylation sites (tertiary alicyclic amines) is 1. The number of aliphatic hydroxyl groups is 1. The van der Waals surface area contributed by atoms with Crippen LogP contribution < -0.4 is 0 Å². The molecule has 1 aromatic carbocycles. The molecule has 0 radical (unpaired) electrons. The fourth-order valence-corrected chi connectivity index (χ4v) is 3.74. The number of H-pyrrole nitrogens is 1. The summed E-state index contributed by atoms with van der Waals surface area (Å²) < 4.78 is 13.8. The van der Waals surface area contributed by atoms with Crippen molar-refractivity contribution in [3.05, 3.63) is 23.5 Å². The van der Waals surface area contributed by atoms with Crippen molar-refractivity contribution in [1.82, 2.24) is 25.2 Å². The first-order valence-corrected chi connectivity index (χ1v) is 8.68. The fraction of sp³-hybridized carbons (Fsp3) is 0.529. The van der Waals surface area contributed by atoms with Crippen molar-refractivity contribution in [3.8, 4) is 0 Å². The Balaban J connectivity index is 1.47. The summed E-state index contributed by atoms with van der Waals surface area (Å²) in [6.45, 7) is 1.03. The molecular formula is C17H20FN5O3. The van der Waals surface area contributed by atoms with Gasteiger partial charge >= 0.3 is 0 Å². The number of nitrogens with zero attached hydrogens (tertiary/aromatic N) is 4. The molecule has 2 N–H and O–H groups in total. The van der Waals surface area contributed by atoms with Crippen LogP contribution in [0.1, 0.15) is 29.6 Å². The Hall–Kier alpha value is -2.55. The number of aromatic nitrogens is 3. The third-order valence-electron chi connectivity index (χ3n) is 5.42. The minimum Gasteiger partial charge on any atom is -0.393 e. The van der Waals surface area contributed by atoms with Crippen LogP contribution in [0.25, 0.3) is 11.0 Å². The van der Waals surface area contributed by atoms with Crippen LogP contribution in [0.4, 0.5) is 4.39 Å². The lowest BCUT2D eigenvalue weighted by atomic mass is 9.81. The molecule has 0 bridgehead atoms. The highest BCUT2D eigenvalue weighted by Crippen LogP contribution is 2.31. The molecule has 1 aliphatic carbocycles. The van der Waals surface area contributed by atoms with Gasteiger partial charge in [-0.2, -0.15) is 15.4 Å². The van der Waals surface area contributed by atoms with Crippen LogP contribution in [0.3, 0.4) is 0 Å². The lowest BCUT2D eigenvalue weighted by Crippen LogP contribution is -2.45. The number of fused-ring (bicyclic) bond motifs is 1. The number of rotatable bonds is 3. The summed E-state index contributed by atoms with van der Waals surface area (Å²) in [5.41, 5.74) is 0.786. The van der Waals surface area contributed by atoms with Crippen LogP contribution in [0.5, 0.6) is 0 Å². The van der Waals surface area contributed by atoms with E-state index in [1.165, 1.54) is 6.07 Å². The Morgan fingerprint density at radius 1 is 1.35 bits per heavy atom. The van der Waals surface area contributed by atoms with E-state index in [0.29, 0.717) is 43.4 Å². The Morgan fingerprint density at radius 2 is 2.12 bits per heavy atom. The molecule has 1 atom stereocenters. The van der Waals surface area contributed by atoms with E-state index >= 15 is 0 Å². The molecule has 2 amide bonds. The summed E-state index contributed by atoms with van der Waals surface area (Å²) in [7, 11) is 1.66. The minimum atomic E-state index is -0.546. The number of benzene rings is 1. The first-order valence-electron chi connectivity index (χ1n) is 8.68. The fourth-order valence-electron chi connectivity index (χ4n) is 3.74. The zero-order valence-corrected chi connectivity index (χ0v) is 14.4. The van der Waals surface area contributed by atoms with E-state index < -0.39 is 5.82 Å². The third kappa shape index (κ3) is 2.82. The van der Waals surface area contributed by atoms with E-state index in [-0.39, 0.29) is 35.4 Å². The van der Waals surface area contributed by atoms with Gasteiger partial charge in [0.25, 0.3) is 5.91 Å². The maximum absolute atomic E-state index is 13.8. The molecular weight excluding hydrogens is 341 g/mol. The first kappa shape index (κ1) is 16.9. The van der Waals surface area contributed by atoms with Gasteiger partial charge in [-0.25, -0.2) is 4.39 Å². The molecule has 2 aromatic rings. The van der Waals surface area contributed by atoms with Gasteiger partial charge in [-0.05, 0) is 25.3 Å². The largest absolute Gasteiger partial charge is 0.393 e. The van der Waals surface area contributed by atoms with E-state index in [4.69, 9.17) is 0 Å². The summed E-state index contributed by atoms with van der Waals surface area (Å²) in [5, 5.41) is 19.6. The SMILES string of the molecule is CN(C(=O)c1cc(F)cc2n[nH]nc12)C1CCN(C(=O)C2CC(O)C2)C1. The van der Waals surface area contributed by atoms with Crippen molar-refractivity contribution in [2.24, 2.45) is 5.92 Å². The van der Waals surface area contributed by atoms with Gasteiger partial charge in [0.1, 0.15) is 16.9 Å². The molecule has 9 heteroatoms. The Bertz CT molecular complexity index is 863. The summed E-state index contributed by atoms with van der Waals surface area (Å²) in [6.07, 6.45) is 1.33. The van der Waals surface area contributed by atoms with Gasteiger partial charge in [-0.3, -0.25) is 9.59 Å². The predicted octanol–water partition coefficient (Wildman–Crippen LogP) is 0.541. The topological polar surface area (TPSA) is 102 Å². The molecule has 26 heavy (non-hydrogen) atoms. The lowest BCUT2D eigenvalue weighted by Gasteiger charge is -2.33. The van der Waals surface area contributed by atoms with Crippen LogP contribution >= 0.6 is 0 Å². The molecule has 1 saturated carbocycles. The number of hydrogen-bond donors (Lipinski definition) is 2. The lowest BCUT2D eigenvalue weighted by molar-refractivity contribution is -0.141. The number of nitrogens with one attached hydrogen (secondary N) is 1. The summed E-state index contributed by atoms with van der Waals surface area (Å²) >= 11 is 0. The zero-order chi connectivity index (χ0) is 18.4. The number of carbonyl (C=O) groups is 2. The number of hydrogen-bond acceptors (Lipinski definition) is 5. The number of likely N-dealkylation sites (N-methyl/N-ethyl adjacent to an activating group) is 1. The molecule has 0 spiro atoms. The summed E-state index contributed by atoms with van der Waals surface area (Å²) in [6, 6.07) is 2.25. The Labute approximate surface area is 149 Å². The van der Waals surface area contributed by atoms with Crippen LogP contribution in [0.15, 0.2) is 12.1 Å². The molecule has 2 aliphatic rings. The smallest absolute Gasteiger partial charge is 0.256 e. The van der Waals surface area contributed by atoms with Gasteiger partial charge < -0.3 is 14.9 Å². The average molecular weight is 361 g/mol. The van der Waals surface area contributed by atoms with Crippen molar-refractivity contribution in [2.45, 2.75) is 31.4 Å². The van der Waals surface area contributed by atoms with E-state index in [1.807, 2.05) is 0 Å². The average Bonchev–Trinajstić information content (AvgIpc) is 3.25. The maximum Gasteiger partial charge on any atom is 0.256 e. The van der Waals surface area contributed by atoms with Crippen molar-refractivity contribution in [3.63, 3.8) is 0 Å². The van der Waals surface area contributed by atoms with Crippen molar-refractivity contribution in [2.75, 3.05) is 20.1 Å². The number of aromatic amines is 1. The number of carbonyl (C=O) groups excluding carboxylic acids is 2. The van der Waals surface area contributed by atoms with Crippen LogP contribution in [0, 0.1) is 11.7 Å². The maximum atomic E-state index is 13.8. The van der Waals surface area contributed by atoms with E-state index in [9.17, 15) is 19.1 Å². The molecule has 4 rings (SSSR count). The van der Waals surface area contributed by atoms with Gasteiger partial charge in [-0.15, -0.1) is 0 Å². The van der Waals surface area contributed by atoms with Gasteiger partial charge in [0.05, 0.1) is 17.7 Å². The van der Waals surface area contributed by atoms with Crippen molar-refractivity contribution < 1.29 is 19.1 Å². The Morgan fingerprint density at radius 3 is 2.85 bits per heavy atom. The van der Waals surface area contributed by atoms with Crippen molar-refractivity contribution >= 4 is 22.8 Å². The number of halogens is 1. The molecule has 1 saturated heterocycles. The summed E-state index contributed by atoms with van der Waals surface area (Å²) in [5.74, 6) is -0.956. The van der Waals surface area contributed by atoms with Gasteiger partial charge in [0.2, 0.25) is 5.91 Å². The first-order chi connectivity index (χ1) is 12.4. The second-order valence-electron chi connectivity index (χ2n) is 7.11. The quantitative estimate of drug-likeness (QED) is 0.831. The molecule has 1 aliphatic heterocycles.